The van der Waals surface area contributed by atoms with Gasteiger partial charge in [0.2, 0.25) is 0 Å². The van der Waals surface area contributed by atoms with Gasteiger partial charge in [0.15, 0.2) is 5.78 Å². The minimum atomic E-state index is 0.179. The Morgan fingerprint density at radius 1 is 0.950 bits per heavy atom. The zero-order valence-corrected chi connectivity index (χ0v) is 12.3. The average Bonchev–Trinajstić information content (AvgIpc) is 3.22. The molecular formula is C19H20O. The van der Waals surface area contributed by atoms with Crippen LogP contribution in [0.1, 0.15) is 45.0 Å². The van der Waals surface area contributed by atoms with E-state index in [4.69, 9.17) is 0 Å². The number of rotatable bonds is 3. The van der Waals surface area contributed by atoms with Crippen LogP contribution in [0.15, 0.2) is 42.5 Å². The fraction of sp³-hybridized carbons (Fsp3) is 0.316. The van der Waals surface area contributed by atoms with Gasteiger partial charge in [-0.15, -0.1) is 0 Å². The Bertz CT molecular complexity index is 669. The van der Waals surface area contributed by atoms with E-state index < -0.39 is 0 Å². The molecule has 2 aromatic rings. The molecule has 1 heteroatoms. The average molecular weight is 264 g/mol. The minimum Gasteiger partial charge on any atom is -0.294 e. The predicted octanol–water partition coefficient (Wildman–Crippen LogP) is 4.60. The summed E-state index contributed by atoms with van der Waals surface area (Å²) in [7, 11) is 0. The molecule has 3 rings (SSSR count). The second kappa shape index (κ2) is 4.90. The number of carbonyl (C=O) groups is 1. The highest BCUT2D eigenvalue weighted by Crippen LogP contribution is 2.50. The molecule has 0 amide bonds. The molecule has 1 saturated carbocycles. The SMILES string of the molecule is Cc1ccc(C(=O)C2CC2c2ccccc2C)cc1C. The fourth-order valence-electron chi connectivity index (χ4n) is 2.94. The summed E-state index contributed by atoms with van der Waals surface area (Å²) in [6.45, 7) is 6.28. The zero-order valence-electron chi connectivity index (χ0n) is 12.3. The van der Waals surface area contributed by atoms with Crippen molar-refractivity contribution in [3.8, 4) is 0 Å². The van der Waals surface area contributed by atoms with Crippen LogP contribution in [0.5, 0.6) is 0 Å². The van der Waals surface area contributed by atoms with Crippen LogP contribution in [0.25, 0.3) is 0 Å². The van der Waals surface area contributed by atoms with Gasteiger partial charge in [0, 0.05) is 11.5 Å². The second-order valence-electron chi connectivity index (χ2n) is 5.97. The standard InChI is InChI=1S/C19H20O/c1-12-8-9-15(10-14(12)3)19(20)18-11-17(18)16-7-5-4-6-13(16)2/h4-10,17-18H,11H2,1-3H3. The van der Waals surface area contributed by atoms with E-state index in [1.165, 1.54) is 22.3 Å². The lowest BCUT2D eigenvalue weighted by atomic mass is 9.98. The summed E-state index contributed by atoms with van der Waals surface area (Å²) in [5.41, 5.74) is 5.95. The maximum Gasteiger partial charge on any atom is 0.166 e. The van der Waals surface area contributed by atoms with Crippen LogP contribution in [0.3, 0.4) is 0 Å². The molecule has 0 aliphatic heterocycles. The molecule has 0 radical (unpaired) electrons. The third-order valence-electron chi connectivity index (χ3n) is 4.51. The van der Waals surface area contributed by atoms with Crippen molar-refractivity contribution in [2.24, 2.45) is 5.92 Å². The number of Topliss-reactive ketones (excluding diaryl/α,β-unsaturated/α-hetero) is 1. The van der Waals surface area contributed by atoms with E-state index >= 15 is 0 Å². The van der Waals surface area contributed by atoms with E-state index in [-0.39, 0.29) is 5.92 Å². The third kappa shape index (κ3) is 2.29. The van der Waals surface area contributed by atoms with Crippen LogP contribution in [-0.2, 0) is 0 Å². The molecule has 102 valence electrons. The minimum absolute atomic E-state index is 0.179. The summed E-state index contributed by atoms with van der Waals surface area (Å²) in [4.78, 5) is 12.6. The molecule has 0 aromatic heterocycles. The van der Waals surface area contributed by atoms with Crippen LogP contribution < -0.4 is 0 Å². The Labute approximate surface area is 120 Å². The Morgan fingerprint density at radius 2 is 1.70 bits per heavy atom. The molecule has 1 aliphatic rings. The number of hydrogen-bond acceptors (Lipinski definition) is 1. The lowest BCUT2D eigenvalue weighted by molar-refractivity contribution is 0.0965. The maximum atomic E-state index is 12.6. The summed E-state index contributed by atoms with van der Waals surface area (Å²) in [6, 6.07) is 14.5. The van der Waals surface area contributed by atoms with E-state index in [2.05, 4.69) is 45.0 Å². The molecule has 0 bridgehead atoms. The van der Waals surface area contributed by atoms with Crippen LogP contribution >= 0.6 is 0 Å². The first-order valence-electron chi connectivity index (χ1n) is 7.25. The van der Waals surface area contributed by atoms with Gasteiger partial charge >= 0.3 is 0 Å². The van der Waals surface area contributed by atoms with Gasteiger partial charge < -0.3 is 0 Å². The molecule has 1 aliphatic carbocycles. The van der Waals surface area contributed by atoms with E-state index in [0.717, 1.165) is 12.0 Å². The topological polar surface area (TPSA) is 17.1 Å². The molecule has 20 heavy (non-hydrogen) atoms. The van der Waals surface area contributed by atoms with Crippen molar-refractivity contribution >= 4 is 5.78 Å². The van der Waals surface area contributed by atoms with Crippen molar-refractivity contribution < 1.29 is 4.79 Å². The number of ketones is 1. The molecular weight excluding hydrogens is 244 g/mol. The largest absolute Gasteiger partial charge is 0.294 e. The Morgan fingerprint density at radius 3 is 2.40 bits per heavy atom. The molecule has 0 spiro atoms. The van der Waals surface area contributed by atoms with E-state index in [1.54, 1.807) is 0 Å². The van der Waals surface area contributed by atoms with Gasteiger partial charge in [0.1, 0.15) is 0 Å². The van der Waals surface area contributed by atoms with Crippen molar-refractivity contribution in [3.05, 3.63) is 70.3 Å². The van der Waals surface area contributed by atoms with Crippen molar-refractivity contribution in [2.45, 2.75) is 33.1 Å². The number of carbonyl (C=O) groups excluding carboxylic acids is 1. The second-order valence-corrected chi connectivity index (χ2v) is 5.97. The molecule has 2 atom stereocenters. The van der Waals surface area contributed by atoms with Crippen LogP contribution in [0.4, 0.5) is 0 Å². The van der Waals surface area contributed by atoms with Crippen LogP contribution in [-0.4, -0.2) is 5.78 Å². The van der Waals surface area contributed by atoms with Gasteiger partial charge in [-0.1, -0.05) is 36.4 Å². The quantitative estimate of drug-likeness (QED) is 0.740. The molecule has 0 N–H and O–H groups in total. The molecule has 2 aromatic carbocycles. The zero-order chi connectivity index (χ0) is 14.3. The van der Waals surface area contributed by atoms with Gasteiger partial charge in [0.05, 0.1) is 0 Å². The van der Waals surface area contributed by atoms with Gasteiger partial charge in [0.25, 0.3) is 0 Å². The van der Waals surface area contributed by atoms with Crippen molar-refractivity contribution in [1.29, 1.82) is 0 Å². The van der Waals surface area contributed by atoms with Crippen LogP contribution in [0.2, 0.25) is 0 Å². The summed E-state index contributed by atoms with van der Waals surface area (Å²) >= 11 is 0. The Kier molecular flexibility index (Phi) is 3.21. The van der Waals surface area contributed by atoms with E-state index in [9.17, 15) is 4.79 Å². The first-order chi connectivity index (χ1) is 9.58. The van der Waals surface area contributed by atoms with Gasteiger partial charge in [-0.2, -0.15) is 0 Å². The third-order valence-corrected chi connectivity index (χ3v) is 4.51. The van der Waals surface area contributed by atoms with Gasteiger partial charge in [-0.25, -0.2) is 0 Å². The first-order valence-corrected chi connectivity index (χ1v) is 7.25. The molecule has 0 heterocycles. The van der Waals surface area contributed by atoms with Crippen molar-refractivity contribution in [1.82, 2.24) is 0 Å². The number of benzene rings is 2. The lowest BCUT2D eigenvalue weighted by Gasteiger charge is -2.06. The summed E-state index contributed by atoms with van der Waals surface area (Å²) in [5, 5.41) is 0. The molecule has 0 saturated heterocycles. The number of hydrogen-bond donors (Lipinski definition) is 0. The van der Waals surface area contributed by atoms with Crippen LogP contribution in [0, 0.1) is 26.7 Å². The molecule has 1 nitrogen and oxygen atoms in total. The molecule has 1 fully saturated rings. The predicted molar refractivity (Wildman–Crippen MR) is 82.3 cm³/mol. The summed E-state index contributed by atoms with van der Waals surface area (Å²) in [5.74, 6) is 0.907. The monoisotopic (exact) mass is 264 g/mol. The van der Waals surface area contributed by atoms with Gasteiger partial charge in [-0.05, 0) is 61.4 Å². The smallest absolute Gasteiger partial charge is 0.166 e. The highest BCUT2D eigenvalue weighted by Gasteiger charge is 2.44. The highest BCUT2D eigenvalue weighted by molar-refractivity contribution is 6.00. The van der Waals surface area contributed by atoms with Gasteiger partial charge in [-0.3, -0.25) is 4.79 Å². The highest BCUT2D eigenvalue weighted by atomic mass is 16.1. The van der Waals surface area contributed by atoms with Crippen molar-refractivity contribution in [2.75, 3.05) is 0 Å². The summed E-state index contributed by atoms with van der Waals surface area (Å²) in [6.07, 6.45) is 0.997. The van der Waals surface area contributed by atoms with Crippen molar-refractivity contribution in [3.63, 3.8) is 0 Å². The fourth-order valence-corrected chi connectivity index (χ4v) is 2.94. The lowest BCUT2D eigenvalue weighted by Crippen LogP contribution is -2.04. The normalized spacial score (nSPS) is 20.8. The van der Waals surface area contributed by atoms with E-state index in [1.807, 2.05) is 18.2 Å². The first kappa shape index (κ1) is 13.1. The Hall–Kier alpha value is -1.89. The van der Waals surface area contributed by atoms with E-state index in [0.29, 0.717) is 11.7 Å². The maximum absolute atomic E-state index is 12.6. The molecule has 2 unspecified atom stereocenters. The summed E-state index contributed by atoms with van der Waals surface area (Å²) < 4.78 is 0. The number of aryl methyl sites for hydroxylation is 3. The Balaban J connectivity index is 1.81.